The summed E-state index contributed by atoms with van der Waals surface area (Å²) in [7, 11) is 0. The molecule has 0 unspecified atom stereocenters. The van der Waals surface area contributed by atoms with Gasteiger partial charge in [0.25, 0.3) is 0 Å². The van der Waals surface area contributed by atoms with Gasteiger partial charge < -0.3 is 4.74 Å². The van der Waals surface area contributed by atoms with E-state index in [0.29, 0.717) is 12.2 Å². The predicted octanol–water partition coefficient (Wildman–Crippen LogP) is 3.12. The van der Waals surface area contributed by atoms with Gasteiger partial charge in [0, 0.05) is 0 Å². The van der Waals surface area contributed by atoms with Gasteiger partial charge in [0.05, 0.1) is 12.2 Å². The molecule has 0 saturated heterocycles. The Labute approximate surface area is 100 Å². The van der Waals surface area contributed by atoms with E-state index in [1.54, 1.807) is 0 Å². The molecule has 0 fully saturated rings. The maximum absolute atomic E-state index is 11.9. The van der Waals surface area contributed by atoms with Crippen LogP contribution in [-0.4, -0.2) is 12.6 Å². The first-order valence-electron chi connectivity index (χ1n) is 6.02. The normalized spacial score (nSPS) is 13.0. The Balaban J connectivity index is 2.25. The lowest BCUT2D eigenvalue weighted by atomic mass is 10.00. The minimum Gasteiger partial charge on any atom is -0.462 e. The molecular weight excluding hydrogens is 212 g/mol. The van der Waals surface area contributed by atoms with Gasteiger partial charge in [-0.25, -0.2) is 4.79 Å². The van der Waals surface area contributed by atoms with Crippen molar-refractivity contribution in [2.24, 2.45) is 0 Å². The van der Waals surface area contributed by atoms with Crippen molar-refractivity contribution in [1.29, 1.82) is 0 Å². The Bertz CT molecular complexity index is 589. The van der Waals surface area contributed by atoms with E-state index < -0.39 is 0 Å². The van der Waals surface area contributed by atoms with Gasteiger partial charge in [-0.15, -0.1) is 0 Å². The van der Waals surface area contributed by atoms with Crippen LogP contribution in [0.15, 0.2) is 30.3 Å². The van der Waals surface area contributed by atoms with E-state index in [1.807, 2.05) is 25.1 Å². The first-order chi connectivity index (χ1) is 8.31. The molecule has 0 atom stereocenters. The topological polar surface area (TPSA) is 26.3 Å². The van der Waals surface area contributed by atoms with E-state index in [2.05, 4.69) is 12.1 Å². The zero-order valence-electron chi connectivity index (χ0n) is 9.82. The fourth-order valence-corrected chi connectivity index (χ4v) is 2.63. The molecule has 0 amide bonds. The van der Waals surface area contributed by atoms with Gasteiger partial charge in [-0.05, 0) is 47.7 Å². The van der Waals surface area contributed by atoms with Gasteiger partial charge in [-0.3, -0.25) is 0 Å². The van der Waals surface area contributed by atoms with Crippen molar-refractivity contribution in [3.05, 3.63) is 47.0 Å². The number of carbonyl (C=O) groups is 1. The molecule has 0 bridgehead atoms. The third-order valence-corrected chi connectivity index (χ3v) is 3.37. The van der Waals surface area contributed by atoms with E-state index in [4.69, 9.17) is 4.74 Å². The molecule has 1 aliphatic rings. The third kappa shape index (κ3) is 1.52. The average Bonchev–Trinajstić information content (AvgIpc) is 2.76. The molecule has 86 valence electrons. The Morgan fingerprint density at radius 2 is 1.94 bits per heavy atom. The van der Waals surface area contributed by atoms with Crippen molar-refractivity contribution < 1.29 is 9.53 Å². The van der Waals surface area contributed by atoms with E-state index in [0.717, 1.165) is 18.2 Å². The molecule has 2 nitrogen and oxygen atoms in total. The van der Waals surface area contributed by atoms with Crippen LogP contribution in [0.5, 0.6) is 0 Å². The molecule has 2 heteroatoms. The SMILES string of the molecule is CCOC(=O)c1ccc2c3c(cccc13)CC2. The van der Waals surface area contributed by atoms with E-state index in [9.17, 15) is 4.79 Å². The Kier molecular flexibility index (Phi) is 2.36. The largest absolute Gasteiger partial charge is 0.462 e. The standard InChI is InChI=1S/C15H14O2/c1-2-17-15(16)13-9-8-11-7-6-10-4-3-5-12(13)14(10)11/h3-5,8-9H,2,6-7H2,1H3. The summed E-state index contributed by atoms with van der Waals surface area (Å²) in [4.78, 5) is 11.9. The number of aryl methyl sites for hydroxylation is 2. The number of carbonyl (C=O) groups excluding carboxylic acids is 1. The lowest BCUT2D eigenvalue weighted by Crippen LogP contribution is -2.05. The van der Waals surface area contributed by atoms with E-state index in [1.165, 1.54) is 16.5 Å². The summed E-state index contributed by atoms with van der Waals surface area (Å²) in [6.45, 7) is 2.25. The van der Waals surface area contributed by atoms with Crippen molar-refractivity contribution in [2.75, 3.05) is 6.61 Å². The summed E-state index contributed by atoms with van der Waals surface area (Å²) in [5, 5.41) is 2.30. The number of hydrogen-bond acceptors (Lipinski definition) is 2. The van der Waals surface area contributed by atoms with Gasteiger partial charge in [-0.1, -0.05) is 24.3 Å². The zero-order chi connectivity index (χ0) is 11.8. The molecule has 1 aliphatic carbocycles. The number of ether oxygens (including phenoxy) is 1. The minimum absolute atomic E-state index is 0.219. The Hall–Kier alpha value is -1.83. The van der Waals surface area contributed by atoms with Crippen LogP contribution in [0.25, 0.3) is 10.8 Å². The summed E-state index contributed by atoms with van der Waals surface area (Å²) >= 11 is 0. The summed E-state index contributed by atoms with van der Waals surface area (Å²) in [6, 6.07) is 10.1. The van der Waals surface area contributed by atoms with Gasteiger partial charge in [-0.2, -0.15) is 0 Å². The van der Waals surface area contributed by atoms with Crippen LogP contribution >= 0.6 is 0 Å². The van der Waals surface area contributed by atoms with Gasteiger partial charge in [0.2, 0.25) is 0 Å². The van der Waals surface area contributed by atoms with Crippen molar-refractivity contribution in [3.63, 3.8) is 0 Å². The van der Waals surface area contributed by atoms with Crippen LogP contribution in [0.1, 0.15) is 28.4 Å². The molecule has 2 aromatic carbocycles. The van der Waals surface area contributed by atoms with E-state index >= 15 is 0 Å². The van der Waals surface area contributed by atoms with Crippen LogP contribution in [0.3, 0.4) is 0 Å². The first-order valence-corrected chi connectivity index (χ1v) is 6.02. The second-order valence-electron chi connectivity index (χ2n) is 4.33. The van der Waals surface area contributed by atoms with Crippen molar-refractivity contribution in [2.45, 2.75) is 19.8 Å². The van der Waals surface area contributed by atoms with Crippen molar-refractivity contribution >= 4 is 16.7 Å². The fourth-order valence-electron chi connectivity index (χ4n) is 2.63. The number of esters is 1. The molecule has 0 heterocycles. The smallest absolute Gasteiger partial charge is 0.338 e. The molecule has 0 spiro atoms. The molecular formula is C15H14O2. The predicted molar refractivity (Wildman–Crippen MR) is 67.3 cm³/mol. The van der Waals surface area contributed by atoms with Crippen LogP contribution in [0, 0.1) is 0 Å². The van der Waals surface area contributed by atoms with Crippen LogP contribution < -0.4 is 0 Å². The summed E-state index contributed by atoms with van der Waals surface area (Å²) in [5.41, 5.74) is 3.39. The second-order valence-corrected chi connectivity index (χ2v) is 4.33. The lowest BCUT2D eigenvalue weighted by molar-refractivity contribution is 0.0528. The molecule has 2 aromatic rings. The van der Waals surface area contributed by atoms with Gasteiger partial charge in [0.1, 0.15) is 0 Å². The maximum Gasteiger partial charge on any atom is 0.338 e. The molecule has 0 N–H and O–H groups in total. The number of hydrogen-bond donors (Lipinski definition) is 0. The summed E-state index contributed by atoms with van der Waals surface area (Å²) in [5.74, 6) is -0.219. The highest BCUT2D eigenvalue weighted by atomic mass is 16.5. The lowest BCUT2D eigenvalue weighted by Gasteiger charge is -2.08. The van der Waals surface area contributed by atoms with Crippen LogP contribution in [0.2, 0.25) is 0 Å². The van der Waals surface area contributed by atoms with Gasteiger partial charge in [0.15, 0.2) is 0 Å². The van der Waals surface area contributed by atoms with Gasteiger partial charge >= 0.3 is 5.97 Å². The highest BCUT2D eigenvalue weighted by Gasteiger charge is 2.18. The van der Waals surface area contributed by atoms with Crippen LogP contribution in [-0.2, 0) is 17.6 Å². The molecule has 17 heavy (non-hydrogen) atoms. The average molecular weight is 226 g/mol. The highest BCUT2D eigenvalue weighted by molar-refractivity contribution is 6.07. The summed E-state index contributed by atoms with van der Waals surface area (Å²) in [6.07, 6.45) is 2.16. The number of rotatable bonds is 2. The monoisotopic (exact) mass is 226 g/mol. The fraction of sp³-hybridized carbons (Fsp3) is 0.267. The number of benzene rings is 2. The third-order valence-electron chi connectivity index (χ3n) is 3.37. The Morgan fingerprint density at radius 3 is 2.71 bits per heavy atom. The highest BCUT2D eigenvalue weighted by Crippen LogP contribution is 2.32. The zero-order valence-corrected chi connectivity index (χ0v) is 9.82. The van der Waals surface area contributed by atoms with E-state index in [-0.39, 0.29) is 5.97 Å². The Morgan fingerprint density at radius 1 is 1.18 bits per heavy atom. The molecule has 0 aromatic heterocycles. The summed E-state index contributed by atoms with van der Waals surface area (Å²) < 4.78 is 5.10. The molecule has 0 saturated carbocycles. The van der Waals surface area contributed by atoms with Crippen molar-refractivity contribution in [3.8, 4) is 0 Å². The molecule has 0 radical (unpaired) electrons. The second kappa shape index (κ2) is 3.88. The van der Waals surface area contributed by atoms with Crippen molar-refractivity contribution in [1.82, 2.24) is 0 Å². The van der Waals surface area contributed by atoms with Crippen LogP contribution in [0.4, 0.5) is 0 Å². The molecule has 0 aliphatic heterocycles. The minimum atomic E-state index is -0.219. The quantitative estimate of drug-likeness (QED) is 0.735. The molecule has 3 rings (SSSR count). The maximum atomic E-state index is 11.9. The first kappa shape index (κ1) is 10.3.